The van der Waals surface area contributed by atoms with Crippen molar-refractivity contribution in [2.24, 2.45) is 0 Å². The fourth-order valence-corrected chi connectivity index (χ4v) is 3.36. The van der Waals surface area contributed by atoms with Gasteiger partial charge in [-0.15, -0.1) is 0 Å². The van der Waals surface area contributed by atoms with Crippen molar-refractivity contribution in [1.82, 2.24) is 9.38 Å². The molecular weight excluding hydrogens is 410 g/mol. The quantitative estimate of drug-likeness (QED) is 0.391. The molecule has 0 atom stereocenters. The number of amides is 1. The lowest BCUT2D eigenvalue weighted by molar-refractivity contribution is -0.137. The third-order valence-electron chi connectivity index (χ3n) is 4.88. The van der Waals surface area contributed by atoms with Crippen LogP contribution in [0.25, 0.3) is 16.9 Å². The van der Waals surface area contributed by atoms with Crippen molar-refractivity contribution in [2.75, 3.05) is 4.90 Å². The van der Waals surface area contributed by atoms with Gasteiger partial charge in [-0.3, -0.25) is 14.1 Å². The van der Waals surface area contributed by atoms with E-state index in [4.69, 9.17) is 0 Å². The second kappa shape index (κ2) is 7.86. The molecule has 2 heterocycles. The molecule has 0 unspecified atom stereocenters. The number of alkyl halides is 3. The highest BCUT2D eigenvalue weighted by molar-refractivity contribution is 5.95. The van der Waals surface area contributed by atoms with Gasteiger partial charge in [-0.25, -0.2) is 9.37 Å². The van der Waals surface area contributed by atoms with Crippen molar-refractivity contribution in [3.63, 3.8) is 0 Å². The molecule has 0 spiro atoms. The lowest BCUT2D eigenvalue weighted by atomic mass is 10.1. The van der Waals surface area contributed by atoms with Gasteiger partial charge >= 0.3 is 6.18 Å². The minimum absolute atomic E-state index is 0.0460. The molecule has 4 rings (SSSR count). The summed E-state index contributed by atoms with van der Waals surface area (Å²) < 4.78 is 53.8. The van der Waals surface area contributed by atoms with E-state index in [2.05, 4.69) is 4.98 Å². The Hall–Kier alpha value is -3.68. The summed E-state index contributed by atoms with van der Waals surface area (Å²) >= 11 is 0. The third kappa shape index (κ3) is 4.14. The van der Waals surface area contributed by atoms with Crippen molar-refractivity contribution in [2.45, 2.75) is 19.6 Å². The Balaban J connectivity index is 1.81. The number of carbonyl (C=O) groups is 1. The first-order chi connectivity index (χ1) is 14.7. The highest BCUT2D eigenvalue weighted by Crippen LogP contribution is 2.34. The summed E-state index contributed by atoms with van der Waals surface area (Å²) in [5.41, 5.74) is 1.43. The van der Waals surface area contributed by atoms with Crippen LogP contribution in [-0.2, 0) is 17.5 Å². The molecule has 0 saturated carbocycles. The molecule has 8 heteroatoms. The number of anilines is 1. The maximum Gasteiger partial charge on any atom is 0.416 e. The number of benzene rings is 2. The normalized spacial score (nSPS) is 11.6. The molecule has 0 aliphatic carbocycles. The Bertz CT molecular complexity index is 1230. The predicted molar refractivity (Wildman–Crippen MR) is 109 cm³/mol. The molecule has 0 N–H and O–H groups in total. The zero-order chi connectivity index (χ0) is 22.2. The average Bonchev–Trinajstić information content (AvgIpc) is 3.11. The zero-order valence-corrected chi connectivity index (χ0v) is 16.4. The highest BCUT2D eigenvalue weighted by atomic mass is 19.4. The number of rotatable bonds is 4. The summed E-state index contributed by atoms with van der Waals surface area (Å²) in [5, 5.41) is 0. The van der Waals surface area contributed by atoms with E-state index in [0.717, 1.165) is 12.1 Å². The van der Waals surface area contributed by atoms with Crippen LogP contribution < -0.4 is 4.90 Å². The van der Waals surface area contributed by atoms with E-state index >= 15 is 0 Å². The molecule has 0 radical (unpaired) electrons. The zero-order valence-electron chi connectivity index (χ0n) is 16.4. The van der Waals surface area contributed by atoms with Crippen LogP contribution >= 0.6 is 0 Å². The van der Waals surface area contributed by atoms with Crippen molar-refractivity contribution < 1.29 is 22.4 Å². The van der Waals surface area contributed by atoms with Crippen molar-refractivity contribution in [3.05, 3.63) is 89.9 Å². The monoisotopic (exact) mass is 427 g/mol. The summed E-state index contributed by atoms with van der Waals surface area (Å²) in [5.74, 6) is -0.259. The molecule has 0 bridgehead atoms. The molecule has 2 aromatic heterocycles. The number of carbonyl (C=O) groups excluding carboxylic acids is 1. The first kappa shape index (κ1) is 20.6. The number of pyridine rings is 1. The van der Waals surface area contributed by atoms with E-state index in [1.54, 1.807) is 40.9 Å². The van der Waals surface area contributed by atoms with Gasteiger partial charge in [-0.2, -0.15) is 13.2 Å². The molecule has 2 aromatic carbocycles. The Morgan fingerprint density at radius 1 is 1.00 bits per heavy atom. The number of hydrogen-bond donors (Lipinski definition) is 0. The number of imidazole rings is 1. The summed E-state index contributed by atoms with van der Waals surface area (Å²) in [4.78, 5) is 18.6. The molecule has 0 aliphatic heterocycles. The molecular formula is C23H17F4N3O. The average molecular weight is 427 g/mol. The summed E-state index contributed by atoms with van der Waals surface area (Å²) in [6.45, 7) is 1.42. The molecule has 0 saturated heterocycles. The van der Waals surface area contributed by atoms with E-state index in [0.29, 0.717) is 28.3 Å². The van der Waals surface area contributed by atoms with Crippen molar-refractivity contribution in [1.29, 1.82) is 0 Å². The van der Waals surface area contributed by atoms with Gasteiger partial charge in [0.05, 0.1) is 12.1 Å². The van der Waals surface area contributed by atoms with Gasteiger partial charge < -0.3 is 0 Å². The summed E-state index contributed by atoms with van der Waals surface area (Å²) in [6, 6.07) is 15.8. The third-order valence-corrected chi connectivity index (χ3v) is 4.88. The standard InChI is InChI=1S/C23H17F4N3O/c1-15(31)30(14-16-5-9-18(10-6-16)23(25,26)27)22-21(17-7-11-19(24)12-8-17)28-20-4-2-3-13-29(20)22/h2-13H,14H2,1H3. The van der Waals surface area contributed by atoms with Gasteiger partial charge in [0.1, 0.15) is 23.0 Å². The van der Waals surface area contributed by atoms with Crippen LogP contribution in [0.3, 0.4) is 0 Å². The number of hydrogen-bond acceptors (Lipinski definition) is 2. The van der Waals surface area contributed by atoms with Gasteiger partial charge in [0.25, 0.3) is 0 Å². The van der Waals surface area contributed by atoms with E-state index in [-0.39, 0.29) is 12.5 Å². The second-order valence-electron chi connectivity index (χ2n) is 7.02. The van der Waals surface area contributed by atoms with E-state index < -0.39 is 17.6 Å². The van der Waals surface area contributed by atoms with Crippen LogP contribution in [0.2, 0.25) is 0 Å². The van der Waals surface area contributed by atoms with E-state index in [1.807, 2.05) is 0 Å². The Kier molecular flexibility index (Phi) is 5.22. The highest BCUT2D eigenvalue weighted by Gasteiger charge is 2.30. The molecule has 4 aromatic rings. The first-order valence-electron chi connectivity index (χ1n) is 9.41. The molecule has 31 heavy (non-hydrogen) atoms. The number of fused-ring (bicyclic) bond motifs is 1. The van der Waals surface area contributed by atoms with Gasteiger partial charge in [0.15, 0.2) is 0 Å². The topological polar surface area (TPSA) is 37.6 Å². The van der Waals surface area contributed by atoms with Crippen LogP contribution in [-0.4, -0.2) is 15.3 Å². The number of halogens is 4. The fraction of sp³-hybridized carbons (Fsp3) is 0.130. The van der Waals surface area contributed by atoms with E-state index in [9.17, 15) is 22.4 Å². The predicted octanol–water partition coefficient (Wildman–Crippen LogP) is 5.71. The van der Waals surface area contributed by atoms with Gasteiger partial charge in [-0.1, -0.05) is 18.2 Å². The minimum atomic E-state index is -4.43. The first-order valence-corrected chi connectivity index (χ1v) is 9.41. The van der Waals surface area contributed by atoms with Crippen molar-refractivity contribution >= 4 is 17.4 Å². The molecule has 0 fully saturated rings. The Morgan fingerprint density at radius 2 is 1.68 bits per heavy atom. The summed E-state index contributed by atoms with van der Waals surface area (Å²) in [6.07, 6.45) is -2.69. The maximum absolute atomic E-state index is 13.4. The van der Waals surface area contributed by atoms with Crippen molar-refractivity contribution in [3.8, 4) is 11.3 Å². The number of nitrogens with zero attached hydrogens (tertiary/aromatic N) is 3. The van der Waals surface area contributed by atoms with Gasteiger partial charge in [0.2, 0.25) is 5.91 Å². The van der Waals surface area contributed by atoms with Crippen LogP contribution in [0, 0.1) is 5.82 Å². The second-order valence-corrected chi connectivity index (χ2v) is 7.02. The van der Waals surface area contributed by atoms with E-state index in [1.165, 1.54) is 36.1 Å². The van der Waals surface area contributed by atoms with Gasteiger partial charge in [0, 0.05) is 18.7 Å². The minimum Gasteiger partial charge on any atom is -0.292 e. The lowest BCUT2D eigenvalue weighted by Gasteiger charge is -2.22. The molecule has 0 aliphatic rings. The molecule has 4 nitrogen and oxygen atoms in total. The van der Waals surface area contributed by atoms with Crippen LogP contribution in [0.1, 0.15) is 18.1 Å². The van der Waals surface area contributed by atoms with Gasteiger partial charge in [-0.05, 0) is 54.1 Å². The molecule has 158 valence electrons. The van der Waals surface area contributed by atoms with Crippen LogP contribution in [0.15, 0.2) is 72.9 Å². The Labute approximate surface area is 175 Å². The largest absolute Gasteiger partial charge is 0.416 e. The van der Waals surface area contributed by atoms with Crippen LogP contribution in [0.5, 0.6) is 0 Å². The Morgan fingerprint density at radius 3 is 2.29 bits per heavy atom. The maximum atomic E-state index is 13.4. The SMILES string of the molecule is CC(=O)N(Cc1ccc(C(F)(F)F)cc1)c1c(-c2ccc(F)cc2)nc2ccccn12. The smallest absolute Gasteiger partial charge is 0.292 e. The summed E-state index contributed by atoms with van der Waals surface area (Å²) in [7, 11) is 0. The fourth-order valence-electron chi connectivity index (χ4n) is 3.36. The lowest BCUT2D eigenvalue weighted by Crippen LogP contribution is -2.29. The number of aromatic nitrogens is 2. The molecule has 1 amide bonds. The van der Waals surface area contributed by atoms with Crippen LogP contribution in [0.4, 0.5) is 23.4 Å².